The van der Waals surface area contributed by atoms with Gasteiger partial charge in [0.25, 0.3) is 0 Å². The molecule has 2 rings (SSSR count). The molecule has 1 fully saturated rings. The van der Waals surface area contributed by atoms with Gasteiger partial charge in [0.1, 0.15) is 0 Å². The zero-order chi connectivity index (χ0) is 15.5. The van der Waals surface area contributed by atoms with Crippen molar-refractivity contribution in [2.24, 2.45) is 11.8 Å². The van der Waals surface area contributed by atoms with Gasteiger partial charge < -0.3 is 5.73 Å². The van der Waals surface area contributed by atoms with E-state index in [4.69, 9.17) is 5.73 Å². The Bertz CT molecular complexity index is 575. The Kier molecular flexibility index (Phi) is 5.57. The van der Waals surface area contributed by atoms with E-state index < -0.39 is 10.0 Å². The molecule has 0 saturated heterocycles. The Morgan fingerprint density at radius 2 is 2.10 bits per heavy atom. The molecule has 0 spiro atoms. The molecule has 3 unspecified atom stereocenters. The first kappa shape index (κ1) is 16.6. The number of hydrogen-bond donors (Lipinski definition) is 2. The van der Waals surface area contributed by atoms with Gasteiger partial charge in [0.15, 0.2) is 0 Å². The van der Waals surface area contributed by atoms with Crippen molar-refractivity contribution >= 4 is 27.5 Å². The summed E-state index contributed by atoms with van der Waals surface area (Å²) in [5, 5.41) is 0. The molecule has 1 aromatic carbocycles. The van der Waals surface area contributed by atoms with E-state index in [0.29, 0.717) is 23.3 Å². The van der Waals surface area contributed by atoms with Crippen LogP contribution in [0.3, 0.4) is 0 Å². The molecule has 0 aromatic heterocycles. The van der Waals surface area contributed by atoms with E-state index in [1.807, 2.05) is 24.3 Å². The van der Waals surface area contributed by atoms with Gasteiger partial charge in [0.05, 0.1) is 5.75 Å². The van der Waals surface area contributed by atoms with Crippen LogP contribution in [0.25, 0.3) is 0 Å². The maximum absolute atomic E-state index is 12.1. The summed E-state index contributed by atoms with van der Waals surface area (Å²) in [6.45, 7) is 4.32. The lowest BCUT2D eigenvalue weighted by molar-refractivity contribution is 0.402. The molecule has 0 bridgehead atoms. The van der Waals surface area contributed by atoms with Gasteiger partial charge in [-0.15, -0.1) is 11.8 Å². The van der Waals surface area contributed by atoms with E-state index in [1.54, 1.807) is 0 Å². The van der Waals surface area contributed by atoms with Crippen LogP contribution in [0.5, 0.6) is 0 Å². The van der Waals surface area contributed by atoms with Crippen LogP contribution in [0.1, 0.15) is 26.7 Å². The molecule has 4 nitrogen and oxygen atoms in total. The minimum absolute atomic E-state index is 0.0994. The number of thioether (sulfide) groups is 1. The van der Waals surface area contributed by atoms with E-state index in [1.165, 1.54) is 11.8 Å². The number of nitrogens with one attached hydrogen (secondary N) is 1. The Hall–Kier alpha value is -0.720. The highest BCUT2D eigenvalue weighted by molar-refractivity contribution is 8.00. The number of sulfonamides is 1. The Morgan fingerprint density at radius 3 is 2.71 bits per heavy atom. The largest absolute Gasteiger partial charge is 0.399 e. The predicted molar refractivity (Wildman–Crippen MR) is 89.9 cm³/mol. The average molecular weight is 329 g/mol. The lowest BCUT2D eigenvalue weighted by Crippen LogP contribution is -2.39. The third-order valence-electron chi connectivity index (χ3n) is 4.28. The fourth-order valence-corrected chi connectivity index (χ4v) is 5.45. The van der Waals surface area contributed by atoms with E-state index >= 15 is 0 Å². The molecular formula is C15H24N2O2S2. The van der Waals surface area contributed by atoms with Crippen molar-refractivity contribution in [1.82, 2.24) is 4.72 Å². The molecule has 3 atom stereocenters. The fraction of sp³-hybridized carbons (Fsp3) is 0.600. The van der Waals surface area contributed by atoms with Crippen molar-refractivity contribution in [3.63, 3.8) is 0 Å². The number of anilines is 1. The molecule has 1 saturated carbocycles. The van der Waals surface area contributed by atoms with Gasteiger partial charge >= 0.3 is 0 Å². The van der Waals surface area contributed by atoms with E-state index in [2.05, 4.69) is 18.6 Å². The number of hydrogen-bond acceptors (Lipinski definition) is 4. The monoisotopic (exact) mass is 328 g/mol. The molecule has 0 heterocycles. The van der Waals surface area contributed by atoms with E-state index in [9.17, 15) is 8.42 Å². The van der Waals surface area contributed by atoms with Gasteiger partial charge in [0, 0.05) is 22.4 Å². The molecule has 3 N–H and O–H groups in total. The smallest absolute Gasteiger partial charge is 0.212 e. The van der Waals surface area contributed by atoms with Gasteiger partial charge in [-0.1, -0.05) is 19.9 Å². The van der Waals surface area contributed by atoms with Crippen LogP contribution >= 0.6 is 11.8 Å². The first-order chi connectivity index (χ1) is 9.87. The first-order valence-corrected chi connectivity index (χ1v) is 9.99. The Balaban J connectivity index is 1.82. The molecule has 0 radical (unpaired) electrons. The summed E-state index contributed by atoms with van der Waals surface area (Å²) in [6.07, 6.45) is 2.05. The van der Waals surface area contributed by atoms with Crippen LogP contribution < -0.4 is 10.5 Å². The average Bonchev–Trinajstić information content (AvgIpc) is 2.70. The molecule has 1 aromatic rings. The number of nitrogens with two attached hydrogens (primary N) is 1. The zero-order valence-corrected chi connectivity index (χ0v) is 14.2. The summed E-state index contributed by atoms with van der Waals surface area (Å²) in [6, 6.07) is 7.62. The zero-order valence-electron chi connectivity index (χ0n) is 12.6. The van der Waals surface area contributed by atoms with E-state index in [0.717, 1.165) is 17.7 Å². The summed E-state index contributed by atoms with van der Waals surface area (Å²) in [7, 11) is -3.20. The molecule has 1 aliphatic carbocycles. The second kappa shape index (κ2) is 7.03. The van der Waals surface area contributed by atoms with Gasteiger partial charge in [-0.2, -0.15) is 0 Å². The van der Waals surface area contributed by atoms with Crippen molar-refractivity contribution in [2.75, 3.05) is 17.2 Å². The molecule has 118 valence electrons. The van der Waals surface area contributed by atoms with Crippen molar-refractivity contribution in [3.8, 4) is 0 Å². The number of nitrogen functional groups attached to an aromatic ring is 1. The summed E-state index contributed by atoms with van der Waals surface area (Å²) in [5.74, 6) is 1.69. The van der Waals surface area contributed by atoms with Gasteiger partial charge in [-0.3, -0.25) is 0 Å². The lowest BCUT2D eigenvalue weighted by atomic mass is 9.98. The van der Waals surface area contributed by atoms with Crippen molar-refractivity contribution in [3.05, 3.63) is 24.3 Å². The van der Waals surface area contributed by atoms with Gasteiger partial charge in [-0.05, 0) is 42.9 Å². The Labute approximate surface area is 131 Å². The fourth-order valence-electron chi connectivity index (χ4n) is 2.69. The SMILES string of the molecule is CC1CCC(NS(=O)(=O)CCSc2cccc(N)c2)C1C. The van der Waals surface area contributed by atoms with Crippen LogP contribution in [0.2, 0.25) is 0 Å². The topological polar surface area (TPSA) is 72.2 Å². The number of benzene rings is 1. The second-order valence-electron chi connectivity index (χ2n) is 5.88. The lowest BCUT2D eigenvalue weighted by Gasteiger charge is -2.19. The highest BCUT2D eigenvalue weighted by Gasteiger charge is 2.32. The van der Waals surface area contributed by atoms with E-state index in [-0.39, 0.29) is 11.8 Å². The van der Waals surface area contributed by atoms with Crippen molar-refractivity contribution < 1.29 is 8.42 Å². The van der Waals surface area contributed by atoms with Crippen LogP contribution in [-0.2, 0) is 10.0 Å². The van der Waals surface area contributed by atoms with Crippen LogP contribution in [0, 0.1) is 11.8 Å². The maximum Gasteiger partial charge on any atom is 0.212 e. The normalized spacial score (nSPS) is 26.1. The van der Waals surface area contributed by atoms with Crippen LogP contribution in [-0.4, -0.2) is 26.0 Å². The summed E-state index contributed by atoms with van der Waals surface area (Å²) in [5.41, 5.74) is 6.41. The van der Waals surface area contributed by atoms with Crippen LogP contribution in [0.15, 0.2) is 29.2 Å². The molecular weight excluding hydrogens is 304 g/mol. The molecule has 1 aliphatic rings. The number of rotatable bonds is 6. The van der Waals surface area contributed by atoms with Crippen LogP contribution in [0.4, 0.5) is 5.69 Å². The van der Waals surface area contributed by atoms with Gasteiger partial charge in [-0.25, -0.2) is 13.1 Å². The van der Waals surface area contributed by atoms with Crippen molar-refractivity contribution in [1.29, 1.82) is 0 Å². The minimum atomic E-state index is -3.20. The standard InChI is InChI=1S/C15H24N2O2S2/c1-11-6-7-15(12(11)2)17-21(18,19)9-8-20-14-5-3-4-13(16)10-14/h3-5,10-12,15,17H,6-9,16H2,1-2H3. The third-order valence-corrected chi connectivity index (χ3v) is 6.93. The quantitative estimate of drug-likeness (QED) is 0.622. The summed E-state index contributed by atoms with van der Waals surface area (Å²) in [4.78, 5) is 1.01. The molecule has 0 aliphatic heterocycles. The second-order valence-corrected chi connectivity index (χ2v) is 8.92. The van der Waals surface area contributed by atoms with Crippen molar-refractivity contribution in [2.45, 2.75) is 37.6 Å². The molecule has 21 heavy (non-hydrogen) atoms. The summed E-state index contributed by atoms with van der Waals surface area (Å²) >= 11 is 1.52. The molecule has 6 heteroatoms. The first-order valence-electron chi connectivity index (χ1n) is 7.36. The predicted octanol–water partition coefficient (Wildman–Crippen LogP) is 2.71. The Morgan fingerprint density at radius 1 is 1.33 bits per heavy atom. The maximum atomic E-state index is 12.1. The van der Waals surface area contributed by atoms with Gasteiger partial charge in [0.2, 0.25) is 10.0 Å². The third kappa shape index (κ3) is 4.90. The molecule has 0 amide bonds. The highest BCUT2D eigenvalue weighted by Crippen LogP contribution is 2.31. The summed E-state index contributed by atoms with van der Waals surface area (Å²) < 4.78 is 27.2. The highest BCUT2D eigenvalue weighted by atomic mass is 32.2. The minimum Gasteiger partial charge on any atom is -0.399 e.